The third-order valence-electron chi connectivity index (χ3n) is 2.88. The van der Waals surface area contributed by atoms with E-state index in [1.54, 1.807) is 12.1 Å². The maximum absolute atomic E-state index is 13.4. The van der Waals surface area contributed by atoms with Crippen LogP contribution in [0.4, 0.5) is 4.39 Å². The second-order valence-electron chi connectivity index (χ2n) is 4.35. The zero-order chi connectivity index (χ0) is 15.6. The van der Waals surface area contributed by atoms with Gasteiger partial charge < -0.3 is 0 Å². The van der Waals surface area contributed by atoms with Gasteiger partial charge in [0, 0.05) is 24.0 Å². The van der Waals surface area contributed by atoms with Gasteiger partial charge in [-0.25, -0.2) is 12.8 Å². The summed E-state index contributed by atoms with van der Waals surface area (Å²) in [5.41, 5.74) is 0.158. The fourth-order valence-electron chi connectivity index (χ4n) is 1.74. The molecule has 0 aliphatic carbocycles. The van der Waals surface area contributed by atoms with Gasteiger partial charge in [0.15, 0.2) is 0 Å². The van der Waals surface area contributed by atoms with Crippen LogP contribution in [0.1, 0.15) is 10.4 Å². The molecule has 1 aromatic carbocycles. The molecule has 0 bridgehead atoms. The van der Waals surface area contributed by atoms with Crippen molar-refractivity contribution in [2.75, 3.05) is 7.05 Å². The molecular formula is C13H12Cl2FNO2S2. The SMILES string of the molecule is CN(Cc1ccc(Cl)s1)S(=O)(=O)c1ccc(F)c(CCl)c1. The number of rotatable bonds is 5. The number of alkyl halides is 1. The maximum atomic E-state index is 13.4. The number of benzene rings is 1. The Morgan fingerprint density at radius 2 is 2.00 bits per heavy atom. The second-order valence-corrected chi connectivity index (χ2v) is 8.47. The highest BCUT2D eigenvalue weighted by molar-refractivity contribution is 7.89. The van der Waals surface area contributed by atoms with Crippen molar-refractivity contribution in [3.63, 3.8) is 0 Å². The molecule has 1 heterocycles. The number of hydrogen-bond acceptors (Lipinski definition) is 3. The van der Waals surface area contributed by atoms with Crippen LogP contribution in [-0.2, 0) is 22.4 Å². The molecule has 114 valence electrons. The van der Waals surface area contributed by atoms with Crippen molar-refractivity contribution >= 4 is 44.6 Å². The van der Waals surface area contributed by atoms with Crippen LogP contribution in [0, 0.1) is 5.82 Å². The standard InChI is InChI=1S/C13H12Cl2FNO2S2/c1-17(8-10-2-5-13(15)20-10)21(18,19)11-3-4-12(16)9(6-11)7-14/h2-6H,7-8H2,1H3. The van der Waals surface area contributed by atoms with Gasteiger partial charge in [0.05, 0.1) is 15.1 Å². The van der Waals surface area contributed by atoms with Gasteiger partial charge in [-0.3, -0.25) is 0 Å². The first kappa shape index (κ1) is 16.7. The monoisotopic (exact) mass is 367 g/mol. The number of thiophene rings is 1. The predicted molar refractivity (Wildman–Crippen MR) is 83.9 cm³/mol. The molecule has 0 unspecified atom stereocenters. The Morgan fingerprint density at radius 3 is 2.57 bits per heavy atom. The summed E-state index contributed by atoms with van der Waals surface area (Å²) < 4.78 is 40.1. The minimum atomic E-state index is -3.71. The van der Waals surface area contributed by atoms with Gasteiger partial charge in [-0.05, 0) is 30.3 Å². The fourth-order valence-corrected chi connectivity index (χ4v) is 4.36. The molecule has 0 saturated carbocycles. The van der Waals surface area contributed by atoms with Gasteiger partial charge in [0.1, 0.15) is 5.82 Å². The quantitative estimate of drug-likeness (QED) is 0.746. The van der Waals surface area contributed by atoms with E-state index in [0.29, 0.717) is 4.34 Å². The average molecular weight is 368 g/mol. The molecule has 0 saturated heterocycles. The Balaban J connectivity index is 2.28. The summed E-state index contributed by atoms with van der Waals surface area (Å²) >= 11 is 12.7. The third kappa shape index (κ3) is 3.76. The smallest absolute Gasteiger partial charge is 0.207 e. The van der Waals surface area contributed by atoms with Gasteiger partial charge in [0.25, 0.3) is 0 Å². The van der Waals surface area contributed by atoms with E-state index in [1.165, 1.54) is 34.8 Å². The van der Waals surface area contributed by atoms with E-state index in [9.17, 15) is 12.8 Å². The largest absolute Gasteiger partial charge is 0.243 e. The first-order chi connectivity index (χ1) is 9.84. The molecule has 2 rings (SSSR count). The number of halogens is 3. The normalized spacial score (nSPS) is 12.0. The van der Waals surface area contributed by atoms with Crippen LogP contribution in [-0.4, -0.2) is 19.8 Å². The van der Waals surface area contributed by atoms with Crippen molar-refractivity contribution in [2.45, 2.75) is 17.3 Å². The lowest BCUT2D eigenvalue weighted by molar-refractivity contribution is 0.469. The average Bonchev–Trinajstić information content (AvgIpc) is 2.84. The maximum Gasteiger partial charge on any atom is 0.243 e. The van der Waals surface area contributed by atoms with Crippen LogP contribution in [0.5, 0.6) is 0 Å². The number of hydrogen-bond donors (Lipinski definition) is 0. The van der Waals surface area contributed by atoms with E-state index in [2.05, 4.69) is 0 Å². The van der Waals surface area contributed by atoms with E-state index in [4.69, 9.17) is 23.2 Å². The summed E-state index contributed by atoms with van der Waals surface area (Å²) in [4.78, 5) is 0.843. The van der Waals surface area contributed by atoms with Crippen molar-refractivity contribution < 1.29 is 12.8 Å². The van der Waals surface area contributed by atoms with Crippen LogP contribution in [0.15, 0.2) is 35.2 Å². The highest BCUT2D eigenvalue weighted by atomic mass is 35.5. The summed E-state index contributed by atoms with van der Waals surface area (Å²) in [5.74, 6) is -0.601. The van der Waals surface area contributed by atoms with Gasteiger partial charge in [0.2, 0.25) is 10.0 Å². The van der Waals surface area contributed by atoms with Gasteiger partial charge in [-0.2, -0.15) is 4.31 Å². The van der Waals surface area contributed by atoms with Crippen molar-refractivity contribution in [1.82, 2.24) is 4.31 Å². The van der Waals surface area contributed by atoms with E-state index >= 15 is 0 Å². The molecule has 0 radical (unpaired) electrons. The van der Waals surface area contributed by atoms with Crippen molar-refractivity contribution in [2.24, 2.45) is 0 Å². The summed E-state index contributed by atoms with van der Waals surface area (Å²) in [5, 5.41) is 0. The molecule has 0 aliphatic rings. The van der Waals surface area contributed by atoms with E-state index in [1.807, 2.05) is 0 Å². The Kier molecular flexibility index (Phi) is 5.27. The number of sulfonamides is 1. The van der Waals surface area contributed by atoms with Gasteiger partial charge in [-0.15, -0.1) is 22.9 Å². The molecule has 21 heavy (non-hydrogen) atoms. The minimum absolute atomic E-state index is 0.0182. The first-order valence-electron chi connectivity index (χ1n) is 5.89. The lowest BCUT2D eigenvalue weighted by atomic mass is 10.2. The Morgan fingerprint density at radius 1 is 1.29 bits per heavy atom. The Labute approximate surface area is 137 Å². The molecule has 1 aromatic heterocycles. The van der Waals surface area contributed by atoms with Crippen molar-refractivity contribution in [3.05, 3.63) is 50.9 Å². The molecule has 0 fully saturated rings. The molecule has 0 atom stereocenters. The van der Waals surface area contributed by atoms with Gasteiger partial charge >= 0.3 is 0 Å². The molecule has 0 N–H and O–H groups in total. The highest BCUT2D eigenvalue weighted by Crippen LogP contribution is 2.25. The molecular weight excluding hydrogens is 356 g/mol. The van der Waals surface area contributed by atoms with E-state index < -0.39 is 15.8 Å². The molecule has 0 amide bonds. The van der Waals surface area contributed by atoms with Crippen LogP contribution in [0.25, 0.3) is 0 Å². The summed E-state index contributed by atoms with van der Waals surface area (Å²) in [6.07, 6.45) is 0. The molecule has 2 aromatic rings. The zero-order valence-electron chi connectivity index (χ0n) is 11.0. The topological polar surface area (TPSA) is 37.4 Å². The van der Waals surface area contributed by atoms with Crippen LogP contribution >= 0.6 is 34.5 Å². The summed E-state index contributed by atoms with van der Waals surface area (Å²) in [7, 11) is -2.24. The van der Waals surface area contributed by atoms with Gasteiger partial charge in [-0.1, -0.05) is 11.6 Å². The minimum Gasteiger partial charge on any atom is -0.207 e. The third-order valence-corrected chi connectivity index (χ3v) is 6.18. The predicted octanol–water partition coefficient (Wildman–Crippen LogP) is 4.10. The lowest BCUT2D eigenvalue weighted by Crippen LogP contribution is -2.26. The molecule has 0 aliphatic heterocycles. The lowest BCUT2D eigenvalue weighted by Gasteiger charge is -2.17. The number of nitrogens with zero attached hydrogens (tertiary/aromatic N) is 1. The first-order valence-corrected chi connectivity index (χ1v) is 9.06. The Bertz CT molecular complexity index is 746. The zero-order valence-corrected chi connectivity index (χ0v) is 14.2. The van der Waals surface area contributed by atoms with Crippen LogP contribution < -0.4 is 0 Å². The van der Waals surface area contributed by atoms with Crippen molar-refractivity contribution in [3.8, 4) is 0 Å². The summed E-state index contributed by atoms with van der Waals surface area (Å²) in [6, 6.07) is 7.09. The van der Waals surface area contributed by atoms with E-state index in [-0.39, 0.29) is 22.9 Å². The van der Waals surface area contributed by atoms with Crippen LogP contribution in [0.2, 0.25) is 4.34 Å². The highest BCUT2D eigenvalue weighted by Gasteiger charge is 2.22. The Hall–Kier alpha value is -0.660. The van der Waals surface area contributed by atoms with Crippen LogP contribution in [0.3, 0.4) is 0 Å². The fraction of sp³-hybridized carbons (Fsp3) is 0.231. The molecule has 3 nitrogen and oxygen atoms in total. The molecule has 8 heteroatoms. The van der Waals surface area contributed by atoms with E-state index in [0.717, 1.165) is 10.9 Å². The molecule has 0 spiro atoms. The van der Waals surface area contributed by atoms with Crippen molar-refractivity contribution in [1.29, 1.82) is 0 Å². The second kappa shape index (κ2) is 6.62. The summed E-state index contributed by atoms with van der Waals surface area (Å²) in [6.45, 7) is 0.202.